The molecule has 38 heavy (non-hydrogen) atoms. The van der Waals surface area contributed by atoms with Crippen molar-refractivity contribution in [2.24, 2.45) is 5.73 Å². The number of alkyl halides is 5. The molecule has 0 saturated heterocycles. The van der Waals surface area contributed by atoms with Gasteiger partial charge in [0.05, 0.1) is 29.0 Å². The molecule has 2 aliphatic rings. The van der Waals surface area contributed by atoms with E-state index in [4.69, 9.17) is 5.73 Å². The molecule has 1 atom stereocenters. The van der Waals surface area contributed by atoms with Gasteiger partial charge in [-0.25, -0.2) is 26.3 Å². The molecule has 1 unspecified atom stereocenters. The van der Waals surface area contributed by atoms with Gasteiger partial charge < -0.3 is 26.7 Å². The van der Waals surface area contributed by atoms with Gasteiger partial charge in [-0.15, -0.1) is 0 Å². The standard InChI is InChI=1S/C23H22F6N6O3/c1-9-14(18(36)21(38)34-22(13(31)5-30)7-23(28,29)8-22)12-4-10(24)6-35(12)17(9)20(37)33-11-2-3-32-16(15(11)25)19(26)27/h2-3,5,10,19H,4,6-8,30-31H2,1H3,(H,34,38)(H,32,33,37)/p+1. The number of hydrogen-bond acceptors (Lipinski definition) is 5. The summed E-state index contributed by atoms with van der Waals surface area (Å²) in [6, 6.07) is 0.939. The number of nitrogens with one attached hydrogen (secondary N) is 2. The van der Waals surface area contributed by atoms with Crippen molar-refractivity contribution in [2.75, 3.05) is 5.32 Å². The van der Waals surface area contributed by atoms with Crippen molar-refractivity contribution in [3.05, 3.63) is 58.2 Å². The third-order valence-electron chi connectivity index (χ3n) is 6.68. The predicted molar refractivity (Wildman–Crippen MR) is 119 cm³/mol. The molecule has 15 heteroatoms. The maximum Gasteiger partial charge on any atom is 0.293 e. The fraction of sp³-hybridized carbons (Fsp3) is 0.391. The second kappa shape index (κ2) is 9.45. The van der Waals surface area contributed by atoms with Crippen LogP contribution in [0.25, 0.3) is 0 Å². The highest BCUT2D eigenvalue weighted by atomic mass is 19.3. The number of pyridine rings is 1. The number of carbonyl (C=O) groups excluding carboxylic acids is 3. The SMILES string of the molecule is Cc1c(C(=O)C(=O)NC2(C(N)=C[NH3+])CC(F)(F)C2)c2n(c1C(=O)Nc1ccnc(C(F)F)c1F)CC(F)C2. The van der Waals surface area contributed by atoms with Gasteiger partial charge in [-0.05, 0) is 18.6 Å². The number of nitrogens with two attached hydrogens (primary N) is 1. The molecular weight excluding hydrogens is 522 g/mol. The van der Waals surface area contributed by atoms with Gasteiger partial charge in [0.15, 0.2) is 5.82 Å². The van der Waals surface area contributed by atoms with Crippen LogP contribution < -0.4 is 22.1 Å². The zero-order valence-corrected chi connectivity index (χ0v) is 19.9. The Balaban J connectivity index is 1.67. The average molecular weight is 545 g/mol. The Morgan fingerprint density at radius 1 is 1.29 bits per heavy atom. The Morgan fingerprint density at radius 3 is 2.53 bits per heavy atom. The highest BCUT2D eigenvalue weighted by molar-refractivity contribution is 6.44. The second-order valence-corrected chi connectivity index (χ2v) is 9.25. The number of carbonyl (C=O) groups is 3. The summed E-state index contributed by atoms with van der Waals surface area (Å²) in [5.41, 5.74) is 4.79. The summed E-state index contributed by atoms with van der Waals surface area (Å²) in [6.07, 6.45) is -4.91. The van der Waals surface area contributed by atoms with E-state index in [-0.39, 0.29) is 41.2 Å². The molecule has 1 aliphatic carbocycles. The molecule has 0 bridgehead atoms. The second-order valence-electron chi connectivity index (χ2n) is 9.25. The topological polar surface area (TPSA) is 147 Å². The van der Waals surface area contributed by atoms with Gasteiger partial charge in [-0.3, -0.25) is 19.4 Å². The number of halogens is 6. The third kappa shape index (κ3) is 4.50. The summed E-state index contributed by atoms with van der Waals surface area (Å²) in [7, 11) is 0. The van der Waals surface area contributed by atoms with Crippen LogP contribution in [0.2, 0.25) is 0 Å². The first-order valence-corrected chi connectivity index (χ1v) is 11.3. The van der Waals surface area contributed by atoms with Crippen molar-refractivity contribution < 1.29 is 46.5 Å². The number of anilines is 1. The van der Waals surface area contributed by atoms with E-state index >= 15 is 0 Å². The van der Waals surface area contributed by atoms with Gasteiger partial charge in [0.25, 0.3) is 29.9 Å². The molecule has 0 spiro atoms. The number of rotatable bonds is 7. The Morgan fingerprint density at radius 2 is 1.95 bits per heavy atom. The van der Waals surface area contributed by atoms with Crippen LogP contribution >= 0.6 is 0 Å². The van der Waals surface area contributed by atoms with E-state index in [0.29, 0.717) is 0 Å². The smallest absolute Gasteiger partial charge is 0.293 e. The summed E-state index contributed by atoms with van der Waals surface area (Å²) in [5.74, 6) is -8.18. The summed E-state index contributed by atoms with van der Waals surface area (Å²) < 4.78 is 83.2. The van der Waals surface area contributed by atoms with E-state index in [9.17, 15) is 40.7 Å². The Hall–Kier alpha value is -3.88. The van der Waals surface area contributed by atoms with Gasteiger partial charge >= 0.3 is 0 Å². The van der Waals surface area contributed by atoms with Crippen LogP contribution in [0.1, 0.15) is 57.1 Å². The number of amides is 2. The summed E-state index contributed by atoms with van der Waals surface area (Å²) in [5, 5.41) is 4.35. The first kappa shape index (κ1) is 27.2. The lowest BCUT2D eigenvalue weighted by atomic mass is 9.71. The lowest BCUT2D eigenvalue weighted by molar-refractivity contribution is -0.278. The van der Waals surface area contributed by atoms with Crippen LogP contribution in [-0.2, 0) is 17.8 Å². The average Bonchev–Trinajstić information content (AvgIpc) is 3.30. The van der Waals surface area contributed by atoms with Crippen molar-refractivity contribution in [1.82, 2.24) is 14.9 Å². The lowest BCUT2D eigenvalue weighted by Gasteiger charge is -2.47. The van der Waals surface area contributed by atoms with Crippen molar-refractivity contribution in [2.45, 2.75) is 56.8 Å². The van der Waals surface area contributed by atoms with Crippen LogP contribution in [0.3, 0.4) is 0 Å². The predicted octanol–water partition coefficient (Wildman–Crippen LogP) is 1.92. The fourth-order valence-electron chi connectivity index (χ4n) is 4.96. The Kier molecular flexibility index (Phi) is 6.76. The van der Waals surface area contributed by atoms with Crippen LogP contribution in [0, 0.1) is 12.7 Å². The maximum absolute atomic E-state index is 14.4. The van der Waals surface area contributed by atoms with Gasteiger partial charge in [0.1, 0.15) is 23.8 Å². The monoisotopic (exact) mass is 545 g/mol. The molecule has 9 nitrogen and oxygen atoms in total. The molecule has 0 radical (unpaired) electrons. The largest absolute Gasteiger partial charge is 0.396 e. The molecule has 2 aromatic heterocycles. The van der Waals surface area contributed by atoms with Gasteiger partial charge in [0, 0.05) is 31.2 Å². The van der Waals surface area contributed by atoms with Crippen LogP contribution in [-0.4, -0.2) is 44.8 Å². The maximum atomic E-state index is 14.4. The number of hydrogen-bond donors (Lipinski definition) is 4. The molecule has 2 aromatic rings. The Bertz CT molecular complexity index is 1360. The highest BCUT2D eigenvalue weighted by Crippen LogP contribution is 2.48. The number of aromatic nitrogens is 2. The molecule has 2 amide bonds. The van der Waals surface area contributed by atoms with Crippen molar-refractivity contribution in [1.29, 1.82) is 0 Å². The minimum absolute atomic E-state index is 0.00238. The molecule has 4 rings (SSSR count). The van der Waals surface area contributed by atoms with Crippen LogP contribution in [0.4, 0.5) is 32.0 Å². The first-order valence-electron chi connectivity index (χ1n) is 11.3. The lowest BCUT2D eigenvalue weighted by Crippen LogP contribution is -2.66. The van der Waals surface area contributed by atoms with Crippen molar-refractivity contribution >= 4 is 23.3 Å². The van der Waals surface area contributed by atoms with E-state index in [1.165, 1.54) is 6.92 Å². The molecule has 0 aromatic carbocycles. The van der Waals surface area contributed by atoms with E-state index in [2.05, 4.69) is 21.4 Å². The summed E-state index contributed by atoms with van der Waals surface area (Å²) >= 11 is 0. The molecule has 7 N–H and O–H groups in total. The third-order valence-corrected chi connectivity index (χ3v) is 6.68. The van der Waals surface area contributed by atoms with E-state index in [0.717, 1.165) is 23.0 Å². The van der Waals surface area contributed by atoms with Crippen molar-refractivity contribution in [3.63, 3.8) is 0 Å². The molecule has 204 valence electrons. The quantitative estimate of drug-likeness (QED) is 0.239. The number of ketones is 1. The number of quaternary nitrogens is 1. The summed E-state index contributed by atoms with van der Waals surface area (Å²) in [4.78, 5) is 42.4. The minimum atomic E-state index is -3.26. The minimum Gasteiger partial charge on any atom is -0.396 e. The number of fused-ring (bicyclic) bond motifs is 1. The zero-order chi connectivity index (χ0) is 28.2. The molecule has 1 aliphatic heterocycles. The van der Waals surface area contributed by atoms with E-state index in [1.807, 2.05) is 0 Å². The first-order chi connectivity index (χ1) is 17.7. The van der Waals surface area contributed by atoms with Gasteiger partial charge in [-0.1, -0.05) is 0 Å². The van der Waals surface area contributed by atoms with Crippen LogP contribution in [0.5, 0.6) is 0 Å². The van der Waals surface area contributed by atoms with Gasteiger partial charge in [-0.2, -0.15) is 0 Å². The van der Waals surface area contributed by atoms with Crippen LogP contribution in [0.15, 0.2) is 24.2 Å². The van der Waals surface area contributed by atoms with Gasteiger partial charge in [0.2, 0.25) is 0 Å². The van der Waals surface area contributed by atoms with E-state index in [1.54, 1.807) is 0 Å². The molecule has 3 heterocycles. The number of Topliss-reactive ketones (excluding diaryl/α,β-unsaturated/α-hetero) is 1. The van der Waals surface area contributed by atoms with E-state index < -0.39 is 71.7 Å². The Labute approximate surface area is 211 Å². The highest BCUT2D eigenvalue weighted by Gasteiger charge is 2.60. The molecule has 1 fully saturated rings. The number of nitrogens with zero attached hydrogens (tertiary/aromatic N) is 2. The fourth-order valence-corrected chi connectivity index (χ4v) is 4.96. The zero-order valence-electron chi connectivity index (χ0n) is 19.9. The van der Waals surface area contributed by atoms with Crippen molar-refractivity contribution in [3.8, 4) is 0 Å². The molecule has 1 saturated carbocycles. The molecular formula is C23H23F6N6O3+. The normalized spacial score (nSPS) is 19.6. The summed E-state index contributed by atoms with van der Waals surface area (Å²) in [6.45, 7) is 0.918.